The van der Waals surface area contributed by atoms with E-state index in [9.17, 15) is 4.79 Å². The molecule has 0 spiro atoms. The van der Waals surface area contributed by atoms with Crippen molar-refractivity contribution in [1.29, 1.82) is 0 Å². The summed E-state index contributed by atoms with van der Waals surface area (Å²) in [6.07, 6.45) is 0.955. The maximum Gasteiger partial charge on any atom is 0.255 e. The molecule has 1 amide bonds. The highest BCUT2D eigenvalue weighted by molar-refractivity contribution is 6.36. The van der Waals surface area contributed by atoms with Gasteiger partial charge in [0.25, 0.3) is 5.91 Å². The van der Waals surface area contributed by atoms with E-state index in [0.29, 0.717) is 22.2 Å². The standard InChI is InChI=1S/C13H16Cl2N2O/c1-9-4-5-16-6-7-17(9)13(18)11-3-2-10(14)8-12(11)15/h2-3,8-9,16H,4-7H2,1H3. The lowest BCUT2D eigenvalue weighted by Crippen LogP contribution is -2.39. The zero-order valence-electron chi connectivity index (χ0n) is 10.2. The predicted octanol–water partition coefficient (Wildman–Crippen LogP) is 2.82. The Morgan fingerprint density at radius 3 is 2.89 bits per heavy atom. The molecule has 18 heavy (non-hydrogen) atoms. The molecule has 0 aromatic heterocycles. The minimum Gasteiger partial charge on any atom is -0.335 e. The topological polar surface area (TPSA) is 32.3 Å². The molecule has 98 valence electrons. The van der Waals surface area contributed by atoms with E-state index >= 15 is 0 Å². The highest BCUT2D eigenvalue weighted by atomic mass is 35.5. The van der Waals surface area contributed by atoms with Crippen LogP contribution in [-0.4, -0.2) is 36.5 Å². The van der Waals surface area contributed by atoms with E-state index in [1.807, 2.05) is 4.90 Å². The fourth-order valence-electron chi connectivity index (χ4n) is 2.13. The summed E-state index contributed by atoms with van der Waals surface area (Å²) in [4.78, 5) is 14.3. The van der Waals surface area contributed by atoms with Crippen LogP contribution in [0.15, 0.2) is 18.2 Å². The maximum atomic E-state index is 12.5. The van der Waals surface area contributed by atoms with Crippen LogP contribution in [-0.2, 0) is 0 Å². The molecule has 0 saturated carbocycles. The molecule has 1 aliphatic rings. The molecule has 5 heteroatoms. The lowest BCUT2D eigenvalue weighted by Gasteiger charge is -2.27. The first-order valence-corrected chi connectivity index (χ1v) is 6.82. The Labute approximate surface area is 117 Å². The number of hydrogen-bond acceptors (Lipinski definition) is 2. The molecule has 1 aromatic carbocycles. The van der Waals surface area contributed by atoms with E-state index in [2.05, 4.69) is 12.2 Å². The highest BCUT2D eigenvalue weighted by Crippen LogP contribution is 2.23. The van der Waals surface area contributed by atoms with Crippen LogP contribution in [0, 0.1) is 0 Å². The monoisotopic (exact) mass is 286 g/mol. The van der Waals surface area contributed by atoms with Crippen LogP contribution in [0.25, 0.3) is 0 Å². The summed E-state index contributed by atoms with van der Waals surface area (Å²) in [5.41, 5.74) is 0.523. The summed E-state index contributed by atoms with van der Waals surface area (Å²) in [5, 5.41) is 4.25. The smallest absolute Gasteiger partial charge is 0.255 e. The summed E-state index contributed by atoms with van der Waals surface area (Å²) in [6, 6.07) is 5.22. The van der Waals surface area contributed by atoms with Crippen LogP contribution in [0.4, 0.5) is 0 Å². The first kappa shape index (κ1) is 13.7. The van der Waals surface area contributed by atoms with Crippen molar-refractivity contribution in [1.82, 2.24) is 10.2 Å². The van der Waals surface area contributed by atoms with Crippen molar-refractivity contribution in [2.24, 2.45) is 0 Å². The quantitative estimate of drug-likeness (QED) is 0.861. The van der Waals surface area contributed by atoms with Gasteiger partial charge in [0.15, 0.2) is 0 Å². The molecule has 0 radical (unpaired) electrons. The Bertz CT molecular complexity index is 451. The number of hydrogen-bond donors (Lipinski definition) is 1. The Morgan fingerprint density at radius 1 is 1.39 bits per heavy atom. The zero-order chi connectivity index (χ0) is 13.1. The molecule has 0 aliphatic carbocycles. The predicted molar refractivity (Wildman–Crippen MR) is 74.4 cm³/mol. The molecule has 1 aromatic rings. The average Bonchev–Trinajstić information content (AvgIpc) is 2.53. The summed E-state index contributed by atoms with van der Waals surface area (Å²) >= 11 is 11.9. The molecular weight excluding hydrogens is 271 g/mol. The fourth-order valence-corrected chi connectivity index (χ4v) is 2.62. The molecular formula is C13H16Cl2N2O. The molecule has 0 bridgehead atoms. The Kier molecular flexibility index (Phi) is 4.49. The van der Waals surface area contributed by atoms with Gasteiger partial charge in [-0.3, -0.25) is 4.79 Å². The van der Waals surface area contributed by atoms with Gasteiger partial charge in [0.1, 0.15) is 0 Å². The van der Waals surface area contributed by atoms with Gasteiger partial charge in [-0.25, -0.2) is 0 Å². The average molecular weight is 287 g/mol. The Balaban J connectivity index is 2.23. The SMILES string of the molecule is CC1CCNCCN1C(=O)c1ccc(Cl)cc1Cl. The number of nitrogens with one attached hydrogen (secondary N) is 1. The number of nitrogens with zero attached hydrogens (tertiary/aromatic N) is 1. The van der Waals surface area contributed by atoms with Gasteiger partial charge in [0, 0.05) is 24.2 Å². The van der Waals surface area contributed by atoms with Gasteiger partial charge < -0.3 is 10.2 Å². The van der Waals surface area contributed by atoms with E-state index in [1.54, 1.807) is 18.2 Å². The van der Waals surface area contributed by atoms with Crippen molar-refractivity contribution in [3.05, 3.63) is 33.8 Å². The van der Waals surface area contributed by atoms with Gasteiger partial charge in [-0.1, -0.05) is 23.2 Å². The van der Waals surface area contributed by atoms with Crippen LogP contribution in [0.3, 0.4) is 0 Å². The molecule has 2 rings (SSSR count). The third kappa shape index (κ3) is 2.97. The van der Waals surface area contributed by atoms with Crippen molar-refractivity contribution < 1.29 is 4.79 Å². The maximum absolute atomic E-state index is 12.5. The van der Waals surface area contributed by atoms with Crippen LogP contribution < -0.4 is 5.32 Å². The molecule has 1 N–H and O–H groups in total. The van der Waals surface area contributed by atoms with Gasteiger partial charge in [-0.05, 0) is 38.1 Å². The van der Waals surface area contributed by atoms with Crippen molar-refractivity contribution in [3.63, 3.8) is 0 Å². The van der Waals surface area contributed by atoms with E-state index in [4.69, 9.17) is 23.2 Å². The number of benzene rings is 1. The van der Waals surface area contributed by atoms with E-state index in [1.165, 1.54) is 0 Å². The lowest BCUT2D eigenvalue weighted by molar-refractivity contribution is 0.0705. The minimum atomic E-state index is -0.0205. The lowest BCUT2D eigenvalue weighted by atomic mass is 10.1. The van der Waals surface area contributed by atoms with Gasteiger partial charge in [-0.2, -0.15) is 0 Å². The van der Waals surface area contributed by atoms with Gasteiger partial charge in [0.2, 0.25) is 0 Å². The summed E-state index contributed by atoms with van der Waals surface area (Å²) in [7, 11) is 0. The molecule has 1 fully saturated rings. The third-order valence-corrected chi connectivity index (χ3v) is 3.77. The molecule has 1 atom stereocenters. The first-order chi connectivity index (χ1) is 8.59. The van der Waals surface area contributed by atoms with Gasteiger partial charge in [0.05, 0.1) is 10.6 Å². The van der Waals surface area contributed by atoms with Crippen LogP contribution in [0.5, 0.6) is 0 Å². The molecule has 1 unspecified atom stereocenters. The second kappa shape index (κ2) is 5.91. The van der Waals surface area contributed by atoms with Gasteiger partial charge in [-0.15, -0.1) is 0 Å². The van der Waals surface area contributed by atoms with E-state index < -0.39 is 0 Å². The van der Waals surface area contributed by atoms with Crippen LogP contribution in [0.2, 0.25) is 10.0 Å². The van der Waals surface area contributed by atoms with E-state index in [-0.39, 0.29) is 11.9 Å². The fraction of sp³-hybridized carbons (Fsp3) is 0.462. The minimum absolute atomic E-state index is 0.0205. The van der Waals surface area contributed by atoms with Crippen molar-refractivity contribution in [2.75, 3.05) is 19.6 Å². The third-order valence-electron chi connectivity index (χ3n) is 3.22. The molecule has 1 heterocycles. The Hall–Kier alpha value is -0.770. The highest BCUT2D eigenvalue weighted by Gasteiger charge is 2.24. The van der Waals surface area contributed by atoms with Gasteiger partial charge >= 0.3 is 0 Å². The zero-order valence-corrected chi connectivity index (χ0v) is 11.8. The van der Waals surface area contributed by atoms with Crippen molar-refractivity contribution in [3.8, 4) is 0 Å². The van der Waals surface area contributed by atoms with E-state index in [0.717, 1.165) is 19.5 Å². The van der Waals surface area contributed by atoms with Crippen LogP contribution in [0.1, 0.15) is 23.7 Å². The molecule has 1 aliphatic heterocycles. The largest absolute Gasteiger partial charge is 0.335 e. The summed E-state index contributed by atoms with van der Waals surface area (Å²) in [6.45, 7) is 4.54. The summed E-state index contributed by atoms with van der Waals surface area (Å²) in [5.74, 6) is -0.0205. The normalized spacial score (nSPS) is 20.6. The number of carbonyl (C=O) groups excluding carboxylic acids is 1. The first-order valence-electron chi connectivity index (χ1n) is 6.06. The molecule has 1 saturated heterocycles. The van der Waals surface area contributed by atoms with Crippen LogP contribution >= 0.6 is 23.2 Å². The Morgan fingerprint density at radius 2 is 2.17 bits per heavy atom. The second-order valence-electron chi connectivity index (χ2n) is 4.51. The summed E-state index contributed by atoms with van der Waals surface area (Å²) < 4.78 is 0. The van der Waals surface area contributed by atoms with Crippen molar-refractivity contribution >= 4 is 29.1 Å². The molecule has 3 nitrogen and oxygen atoms in total. The van der Waals surface area contributed by atoms with Crippen molar-refractivity contribution in [2.45, 2.75) is 19.4 Å². The number of carbonyl (C=O) groups is 1. The number of halogens is 2. The second-order valence-corrected chi connectivity index (χ2v) is 5.35. The number of rotatable bonds is 1. The number of amides is 1.